The molecule has 1 aliphatic rings. The molecule has 0 unspecified atom stereocenters. The van der Waals surface area contributed by atoms with E-state index in [9.17, 15) is 18.0 Å². The Labute approximate surface area is 177 Å². The molecule has 1 amide bonds. The van der Waals surface area contributed by atoms with E-state index in [0.29, 0.717) is 22.7 Å². The number of anilines is 1. The number of halogens is 3. The fourth-order valence-corrected chi connectivity index (χ4v) is 3.77. The smallest absolute Gasteiger partial charge is 0.416 e. The van der Waals surface area contributed by atoms with Gasteiger partial charge in [-0.25, -0.2) is 4.68 Å². The molecule has 0 atom stereocenters. The first-order valence-electron chi connectivity index (χ1n) is 9.91. The van der Waals surface area contributed by atoms with Crippen molar-refractivity contribution in [2.24, 2.45) is 0 Å². The van der Waals surface area contributed by atoms with Gasteiger partial charge in [0.25, 0.3) is 5.91 Å². The summed E-state index contributed by atoms with van der Waals surface area (Å²) in [6, 6.07) is 8.64. The number of carbonyl (C=O) groups is 1. The van der Waals surface area contributed by atoms with Crippen molar-refractivity contribution in [2.45, 2.75) is 38.8 Å². The minimum Gasteiger partial charge on any atom is -0.496 e. The Hall–Kier alpha value is -3.29. The molecular weight excluding hydrogens is 407 g/mol. The van der Waals surface area contributed by atoms with Crippen LogP contribution in [0.3, 0.4) is 0 Å². The molecule has 0 saturated heterocycles. The van der Waals surface area contributed by atoms with Crippen molar-refractivity contribution in [1.29, 1.82) is 0 Å². The van der Waals surface area contributed by atoms with Crippen LogP contribution in [-0.4, -0.2) is 22.8 Å². The van der Waals surface area contributed by atoms with Crippen LogP contribution in [0.2, 0.25) is 0 Å². The van der Waals surface area contributed by atoms with Gasteiger partial charge >= 0.3 is 6.18 Å². The summed E-state index contributed by atoms with van der Waals surface area (Å²) in [5, 5.41) is 7.17. The lowest BCUT2D eigenvalue weighted by Gasteiger charge is -2.15. The highest BCUT2D eigenvalue weighted by Gasteiger charge is 2.34. The number of ether oxygens (including phenoxy) is 1. The molecule has 0 spiro atoms. The van der Waals surface area contributed by atoms with Crippen LogP contribution in [-0.2, 0) is 6.18 Å². The van der Waals surface area contributed by atoms with Gasteiger partial charge in [0.05, 0.1) is 35.8 Å². The number of amides is 1. The van der Waals surface area contributed by atoms with Crippen LogP contribution >= 0.6 is 0 Å². The maximum atomic E-state index is 13.2. The molecule has 1 heterocycles. The number of benzene rings is 2. The summed E-state index contributed by atoms with van der Waals surface area (Å²) in [5.41, 5.74) is 2.89. The quantitative estimate of drug-likeness (QED) is 0.571. The van der Waals surface area contributed by atoms with Gasteiger partial charge in [-0.05, 0) is 56.5 Å². The Balaban J connectivity index is 1.70. The predicted octanol–water partition coefficient (Wildman–Crippen LogP) is 5.65. The number of aromatic nitrogens is 2. The molecular formula is C23H22F3N3O2. The number of alkyl halides is 3. The largest absolute Gasteiger partial charge is 0.496 e. The SMILES string of the molecule is COc1c(C)ccc(NC(=O)c2cnn(-c3cccc(C(F)(F)F)c3)c2C2CC2)c1C. The topological polar surface area (TPSA) is 56.1 Å². The summed E-state index contributed by atoms with van der Waals surface area (Å²) < 4.78 is 46.3. The molecule has 1 aliphatic carbocycles. The molecule has 1 fully saturated rings. The standard InChI is InChI=1S/C23H22F3N3O2/c1-13-7-10-19(14(2)21(13)31-3)28-22(30)18-12-27-29(20(18)15-8-9-15)17-6-4-5-16(11-17)23(24,25)26/h4-7,10-12,15H,8-9H2,1-3H3,(H,28,30). The van der Waals surface area contributed by atoms with Crippen LogP contribution in [0.5, 0.6) is 5.75 Å². The number of hydrogen-bond acceptors (Lipinski definition) is 3. The van der Waals surface area contributed by atoms with Gasteiger partial charge in [0, 0.05) is 17.2 Å². The number of hydrogen-bond donors (Lipinski definition) is 1. The molecule has 4 rings (SSSR count). The third-order valence-electron chi connectivity index (χ3n) is 5.49. The normalized spacial score (nSPS) is 13.9. The monoisotopic (exact) mass is 429 g/mol. The summed E-state index contributed by atoms with van der Waals surface area (Å²) in [6.07, 6.45) is -1.31. The first-order valence-corrected chi connectivity index (χ1v) is 9.91. The van der Waals surface area contributed by atoms with E-state index in [1.165, 1.54) is 16.9 Å². The molecule has 31 heavy (non-hydrogen) atoms. The molecule has 0 radical (unpaired) electrons. The summed E-state index contributed by atoms with van der Waals surface area (Å²) in [7, 11) is 1.57. The Morgan fingerprint density at radius 2 is 1.94 bits per heavy atom. The third-order valence-corrected chi connectivity index (χ3v) is 5.49. The molecule has 8 heteroatoms. The summed E-state index contributed by atoms with van der Waals surface area (Å²) in [4.78, 5) is 13.1. The molecule has 1 aromatic heterocycles. The second-order valence-electron chi connectivity index (χ2n) is 7.72. The van der Waals surface area contributed by atoms with Crippen molar-refractivity contribution < 1.29 is 22.7 Å². The minimum absolute atomic E-state index is 0.0893. The Bertz CT molecular complexity index is 1150. The zero-order valence-electron chi connectivity index (χ0n) is 17.4. The van der Waals surface area contributed by atoms with Gasteiger partial charge in [0.1, 0.15) is 5.75 Å². The second kappa shape index (κ2) is 7.76. The highest BCUT2D eigenvalue weighted by Crippen LogP contribution is 2.43. The van der Waals surface area contributed by atoms with Crippen molar-refractivity contribution in [3.8, 4) is 11.4 Å². The molecule has 5 nitrogen and oxygen atoms in total. The van der Waals surface area contributed by atoms with Crippen LogP contribution in [0.4, 0.5) is 18.9 Å². The van der Waals surface area contributed by atoms with E-state index in [1.807, 2.05) is 19.9 Å². The van der Waals surface area contributed by atoms with Gasteiger partial charge in [-0.2, -0.15) is 18.3 Å². The van der Waals surface area contributed by atoms with E-state index < -0.39 is 11.7 Å². The fourth-order valence-electron chi connectivity index (χ4n) is 3.77. The van der Waals surface area contributed by atoms with Gasteiger partial charge in [-0.1, -0.05) is 12.1 Å². The van der Waals surface area contributed by atoms with Crippen LogP contribution in [0, 0.1) is 13.8 Å². The zero-order chi connectivity index (χ0) is 22.3. The van der Waals surface area contributed by atoms with Crippen molar-refractivity contribution in [3.63, 3.8) is 0 Å². The van der Waals surface area contributed by atoms with E-state index in [0.717, 1.165) is 36.1 Å². The maximum Gasteiger partial charge on any atom is 0.416 e. The Morgan fingerprint density at radius 1 is 1.19 bits per heavy atom. The molecule has 0 bridgehead atoms. The lowest BCUT2D eigenvalue weighted by molar-refractivity contribution is -0.137. The third kappa shape index (κ3) is 4.02. The number of rotatable bonds is 5. The number of nitrogens with one attached hydrogen (secondary N) is 1. The lowest BCUT2D eigenvalue weighted by Crippen LogP contribution is -2.15. The van der Waals surface area contributed by atoms with Crippen LogP contribution < -0.4 is 10.1 Å². The van der Waals surface area contributed by atoms with Crippen molar-refractivity contribution >= 4 is 11.6 Å². The maximum absolute atomic E-state index is 13.2. The first-order chi connectivity index (χ1) is 14.7. The lowest BCUT2D eigenvalue weighted by atomic mass is 10.1. The van der Waals surface area contributed by atoms with Crippen LogP contribution in [0.15, 0.2) is 42.6 Å². The first kappa shape index (κ1) is 21.0. The molecule has 1 saturated carbocycles. The van der Waals surface area contributed by atoms with E-state index in [-0.39, 0.29) is 17.5 Å². The number of methoxy groups -OCH3 is 1. The van der Waals surface area contributed by atoms with Crippen molar-refractivity contribution in [1.82, 2.24) is 9.78 Å². The fraction of sp³-hybridized carbons (Fsp3) is 0.304. The predicted molar refractivity (Wildman–Crippen MR) is 111 cm³/mol. The highest BCUT2D eigenvalue weighted by molar-refractivity contribution is 6.05. The molecule has 3 aromatic rings. The van der Waals surface area contributed by atoms with Gasteiger partial charge in [0.2, 0.25) is 0 Å². The summed E-state index contributed by atoms with van der Waals surface area (Å²) >= 11 is 0. The van der Waals surface area contributed by atoms with Crippen molar-refractivity contribution in [2.75, 3.05) is 12.4 Å². The summed E-state index contributed by atoms with van der Waals surface area (Å²) in [5.74, 6) is 0.431. The van der Waals surface area contributed by atoms with E-state index in [4.69, 9.17) is 4.74 Å². The highest BCUT2D eigenvalue weighted by atomic mass is 19.4. The van der Waals surface area contributed by atoms with Gasteiger partial charge in [0.15, 0.2) is 0 Å². The minimum atomic E-state index is -4.45. The van der Waals surface area contributed by atoms with Gasteiger partial charge in [-0.3, -0.25) is 4.79 Å². The van der Waals surface area contributed by atoms with E-state index in [1.54, 1.807) is 19.2 Å². The van der Waals surface area contributed by atoms with Crippen LogP contribution in [0.1, 0.15) is 51.5 Å². The second-order valence-corrected chi connectivity index (χ2v) is 7.72. The van der Waals surface area contributed by atoms with Crippen LogP contribution in [0.25, 0.3) is 5.69 Å². The van der Waals surface area contributed by atoms with E-state index >= 15 is 0 Å². The van der Waals surface area contributed by atoms with Gasteiger partial charge < -0.3 is 10.1 Å². The van der Waals surface area contributed by atoms with Crippen molar-refractivity contribution in [3.05, 3.63) is 70.5 Å². The number of nitrogens with zero attached hydrogens (tertiary/aromatic N) is 2. The van der Waals surface area contributed by atoms with Gasteiger partial charge in [-0.15, -0.1) is 0 Å². The average molecular weight is 429 g/mol. The Morgan fingerprint density at radius 3 is 2.58 bits per heavy atom. The molecule has 162 valence electrons. The number of aryl methyl sites for hydroxylation is 1. The molecule has 2 aromatic carbocycles. The number of carbonyl (C=O) groups excluding carboxylic acids is 1. The summed E-state index contributed by atoms with van der Waals surface area (Å²) in [6.45, 7) is 3.77. The Kier molecular flexibility index (Phi) is 5.24. The van der Waals surface area contributed by atoms with E-state index in [2.05, 4.69) is 10.4 Å². The molecule has 0 aliphatic heterocycles. The average Bonchev–Trinajstić information content (AvgIpc) is 3.47. The zero-order valence-corrected chi connectivity index (χ0v) is 17.4. The molecule has 1 N–H and O–H groups in total.